The summed E-state index contributed by atoms with van der Waals surface area (Å²) in [6.07, 6.45) is 0. The smallest absolute Gasteiger partial charge is 0.174 e. The van der Waals surface area contributed by atoms with Crippen LogP contribution in [0, 0.1) is 6.92 Å². The molecule has 1 aromatic heterocycles. The topological polar surface area (TPSA) is 17.1 Å². The van der Waals surface area contributed by atoms with Crippen molar-refractivity contribution in [2.75, 3.05) is 5.75 Å². The normalized spacial score (nSPS) is 10.3. The fraction of sp³-hybridized carbons (Fsp3) is 0.154. The molecule has 0 fully saturated rings. The van der Waals surface area contributed by atoms with Crippen LogP contribution in [0.4, 0.5) is 0 Å². The number of aryl methyl sites for hydroxylation is 1. The number of ketones is 1. The van der Waals surface area contributed by atoms with E-state index in [0.29, 0.717) is 5.75 Å². The third kappa shape index (κ3) is 2.74. The zero-order valence-corrected chi connectivity index (χ0v) is 10.6. The Morgan fingerprint density at radius 1 is 1.25 bits per heavy atom. The van der Waals surface area contributed by atoms with E-state index in [-0.39, 0.29) is 5.78 Å². The Kier molecular flexibility index (Phi) is 3.80. The first-order valence-electron chi connectivity index (χ1n) is 5.02. The zero-order chi connectivity index (χ0) is 11.4. The molecule has 0 atom stereocenters. The molecule has 0 aliphatic rings. The SMILES string of the molecule is Cc1sccc1C(=O)CSc1ccccc1. The summed E-state index contributed by atoms with van der Waals surface area (Å²) >= 11 is 3.21. The number of hydrogen-bond acceptors (Lipinski definition) is 3. The molecular formula is C13H12OS2. The lowest BCUT2D eigenvalue weighted by Gasteiger charge is -2.00. The number of thioether (sulfide) groups is 1. The van der Waals surface area contributed by atoms with Gasteiger partial charge in [-0.15, -0.1) is 23.1 Å². The van der Waals surface area contributed by atoms with E-state index in [1.54, 1.807) is 23.1 Å². The minimum absolute atomic E-state index is 0.215. The highest BCUT2D eigenvalue weighted by Crippen LogP contribution is 2.21. The monoisotopic (exact) mass is 248 g/mol. The van der Waals surface area contributed by atoms with Crippen LogP contribution in [-0.2, 0) is 0 Å². The van der Waals surface area contributed by atoms with Gasteiger partial charge >= 0.3 is 0 Å². The van der Waals surface area contributed by atoms with Gasteiger partial charge < -0.3 is 0 Å². The first kappa shape index (κ1) is 11.4. The first-order valence-corrected chi connectivity index (χ1v) is 6.89. The Bertz CT molecular complexity index is 474. The van der Waals surface area contributed by atoms with Crippen molar-refractivity contribution in [1.82, 2.24) is 0 Å². The molecule has 0 bridgehead atoms. The van der Waals surface area contributed by atoms with Gasteiger partial charge in [-0.25, -0.2) is 0 Å². The molecule has 1 heterocycles. The number of benzene rings is 1. The number of rotatable bonds is 4. The van der Waals surface area contributed by atoms with Crippen molar-refractivity contribution in [2.24, 2.45) is 0 Å². The van der Waals surface area contributed by atoms with Crippen LogP contribution in [0.2, 0.25) is 0 Å². The van der Waals surface area contributed by atoms with Gasteiger partial charge in [-0.05, 0) is 30.5 Å². The summed E-state index contributed by atoms with van der Waals surface area (Å²) in [6.45, 7) is 1.99. The molecule has 1 nitrogen and oxygen atoms in total. The van der Waals surface area contributed by atoms with Crippen LogP contribution in [0.1, 0.15) is 15.2 Å². The highest BCUT2D eigenvalue weighted by Gasteiger charge is 2.09. The molecule has 82 valence electrons. The summed E-state index contributed by atoms with van der Waals surface area (Å²) in [7, 11) is 0. The number of hydrogen-bond donors (Lipinski definition) is 0. The average molecular weight is 248 g/mol. The number of thiophene rings is 1. The van der Waals surface area contributed by atoms with Gasteiger partial charge in [-0.3, -0.25) is 4.79 Å². The van der Waals surface area contributed by atoms with E-state index in [9.17, 15) is 4.79 Å². The quantitative estimate of drug-likeness (QED) is 0.600. The molecule has 0 amide bonds. The van der Waals surface area contributed by atoms with E-state index >= 15 is 0 Å². The highest BCUT2D eigenvalue weighted by molar-refractivity contribution is 8.00. The van der Waals surface area contributed by atoms with Gasteiger partial charge in [-0.2, -0.15) is 0 Å². The average Bonchev–Trinajstić information content (AvgIpc) is 2.74. The molecule has 0 aliphatic carbocycles. The standard InChI is InChI=1S/C13H12OS2/c1-10-12(7-8-15-10)13(14)9-16-11-5-3-2-4-6-11/h2-8H,9H2,1H3. The van der Waals surface area contributed by atoms with Crippen LogP contribution in [0.15, 0.2) is 46.7 Å². The Morgan fingerprint density at radius 2 is 2.00 bits per heavy atom. The van der Waals surface area contributed by atoms with Crippen molar-refractivity contribution >= 4 is 28.9 Å². The predicted molar refractivity (Wildman–Crippen MR) is 70.6 cm³/mol. The Morgan fingerprint density at radius 3 is 2.62 bits per heavy atom. The molecule has 0 unspecified atom stereocenters. The van der Waals surface area contributed by atoms with Crippen molar-refractivity contribution in [3.8, 4) is 0 Å². The van der Waals surface area contributed by atoms with Crippen molar-refractivity contribution in [3.63, 3.8) is 0 Å². The summed E-state index contributed by atoms with van der Waals surface area (Å²) in [5.41, 5.74) is 0.869. The van der Waals surface area contributed by atoms with Crippen LogP contribution in [0.5, 0.6) is 0 Å². The lowest BCUT2D eigenvalue weighted by Crippen LogP contribution is -2.01. The van der Waals surface area contributed by atoms with Crippen LogP contribution >= 0.6 is 23.1 Å². The third-order valence-corrected chi connectivity index (χ3v) is 4.13. The van der Waals surface area contributed by atoms with E-state index in [2.05, 4.69) is 0 Å². The molecular weight excluding hydrogens is 236 g/mol. The van der Waals surface area contributed by atoms with Gasteiger partial charge in [-0.1, -0.05) is 18.2 Å². The van der Waals surface area contributed by atoms with Gasteiger partial charge in [0.15, 0.2) is 5.78 Å². The summed E-state index contributed by atoms with van der Waals surface area (Å²) in [4.78, 5) is 14.1. The molecule has 2 rings (SSSR count). The summed E-state index contributed by atoms with van der Waals surface area (Å²) < 4.78 is 0. The molecule has 0 radical (unpaired) electrons. The predicted octanol–water partition coefficient (Wildman–Crippen LogP) is 4.03. The van der Waals surface area contributed by atoms with Crippen molar-refractivity contribution in [2.45, 2.75) is 11.8 Å². The Hall–Kier alpha value is -1.06. The lowest BCUT2D eigenvalue weighted by atomic mass is 10.2. The molecule has 0 N–H and O–H groups in total. The van der Waals surface area contributed by atoms with Crippen LogP contribution in [-0.4, -0.2) is 11.5 Å². The highest BCUT2D eigenvalue weighted by atomic mass is 32.2. The van der Waals surface area contributed by atoms with Crippen LogP contribution in [0.3, 0.4) is 0 Å². The second-order valence-electron chi connectivity index (χ2n) is 3.42. The maximum atomic E-state index is 11.9. The minimum atomic E-state index is 0.215. The van der Waals surface area contributed by atoms with E-state index < -0.39 is 0 Å². The van der Waals surface area contributed by atoms with Crippen molar-refractivity contribution in [3.05, 3.63) is 52.2 Å². The second kappa shape index (κ2) is 5.32. The zero-order valence-electron chi connectivity index (χ0n) is 8.97. The Labute approximate surface area is 104 Å². The molecule has 0 spiro atoms. The molecule has 0 saturated heterocycles. The van der Waals surface area contributed by atoms with E-state index in [4.69, 9.17) is 0 Å². The first-order chi connectivity index (χ1) is 7.77. The molecule has 1 aromatic carbocycles. The van der Waals surface area contributed by atoms with Gasteiger partial charge in [0.05, 0.1) is 5.75 Å². The number of Topliss-reactive ketones (excluding diaryl/α,β-unsaturated/α-hetero) is 1. The van der Waals surface area contributed by atoms with Gasteiger partial charge in [0, 0.05) is 15.3 Å². The van der Waals surface area contributed by atoms with Crippen molar-refractivity contribution in [1.29, 1.82) is 0 Å². The Balaban J connectivity index is 1.97. The van der Waals surface area contributed by atoms with E-state index in [1.807, 2.05) is 48.7 Å². The molecule has 0 aliphatic heterocycles. The number of carbonyl (C=O) groups is 1. The summed E-state index contributed by atoms with van der Waals surface area (Å²) in [5.74, 6) is 0.731. The maximum Gasteiger partial charge on any atom is 0.174 e. The largest absolute Gasteiger partial charge is 0.293 e. The van der Waals surface area contributed by atoms with Crippen LogP contribution < -0.4 is 0 Å². The molecule has 16 heavy (non-hydrogen) atoms. The van der Waals surface area contributed by atoms with E-state index in [0.717, 1.165) is 15.3 Å². The van der Waals surface area contributed by atoms with E-state index in [1.165, 1.54) is 0 Å². The molecule has 0 saturated carbocycles. The molecule has 2 aromatic rings. The summed E-state index contributed by atoms with van der Waals surface area (Å²) in [5, 5.41) is 1.97. The number of carbonyl (C=O) groups excluding carboxylic acids is 1. The summed E-state index contributed by atoms with van der Waals surface area (Å²) in [6, 6.07) is 11.9. The van der Waals surface area contributed by atoms with Crippen molar-refractivity contribution < 1.29 is 4.79 Å². The van der Waals surface area contributed by atoms with Crippen LogP contribution in [0.25, 0.3) is 0 Å². The fourth-order valence-corrected chi connectivity index (χ4v) is 2.94. The third-order valence-electron chi connectivity index (χ3n) is 2.27. The second-order valence-corrected chi connectivity index (χ2v) is 5.58. The van der Waals surface area contributed by atoms with Gasteiger partial charge in [0.25, 0.3) is 0 Å². The minimum Gasteiger partial charge on any atom is -0.293 e. The fourth-order valence-electron chi connectivity index (χ4n) is 1.42. The lowest BCUT2D eigenvalue weighted by molar-refractivity contribution is 0.102. The molecule has 3 heteroatoms. The maximum absolute atomic E-state index is 11.9. The van der Waals surface area contributed by atoms with Gasteiger partial charge in [0.2, 0.25) is 0 Å². The van der Waals surface area contributed by atoms with Gasteiger partial charge in [0.1, 0.15) is 0 Å².